The lowest BCUT2D eigenvalue weighted by Crippen LogP contribution is -2.37. The van der Waals surface area contributed by atoms with Gasteiger partial charge in [0.05, 0.1) is 10.6 Å². The van der Waals surface area contributed by atoms with E-state index >= 15 is 0 Å². The first kappa shape index (κ1) is 22.0. The summed E-state index contributed by atoms with van der Waals surface area (Å²) < 4.78 is 2.36. The predicted molar refractivity (Wildman–Crippen MR) is 127 cm³/mol. The number of aryl methyl sites for hydroxylation is 1. The zero-order valence-corrected chi connectivity index (χ0v) is 19.2. The number of aromatic nitrogens is 4. The lowest BCUT2D eigenvalue weighted by Gasteiger charge is -2.11. The topological polar surface area (TPSA) is 98.9 Å². The molecule has 0 saturated carbocycles. The van der Waals surface area contributed by atoms with Gasteiger partial charge in [-0.1, -0.05) is 48.2 Å². The number of thiophene rings is 1. The highest BCUT2D eigenvalue weighted by atomic mass is 32.2. The summed E-state index contributed by atoms with van der Waals surface area (Å²) >= 11 is 2.63. The number of thioether (sulfide) groups is 1. The van der Waals surface area contributed by atoms with Gasteiger partial charge >= 0.3 is 5.69 Å². The molecule has 0 bridgehead atoms. The number of nitrogens with one attached hydrogen (secondary N) is 1. The van der Waals surface area contributed by atoms with Crippen LogP contribution in [0.15, 0.2) is 62.5 Å². The van der Waals surface area contributed by atoms with E-state index < -0.39 is 11.2 Å². The van der Waals surface area contributed by atoms with Crippen molar-refractivity contribution in [2.24, 2.45) is 14.1 Å². The third-order valence-corrected chi connectivity index (χ3v) is 6.77. The van der Waals surface area contributed by atoms with Gasteiger partial charge < -0.3 is 5.32 Å². The van der Waals surface area contributed by atoms with Gasteiger partial charge in [0.25, 0.3) is 5.56 Å². The molecule has 0 aliphatic rings. The molecule has 0 aliphatic heterocycles. The fourth-order valence-electron chi connectivity index (χ4n) is 3.23. The van der Waals surface area contributed by atoms with Crippen molar-refractivity contribution in [2.45, 2.75) is 11.4 Å². The van der Waals surface area contributed by atoms with Crippen molar-refractivity contribution in [3.05, 3.63) is 74.2 Å². The number of fused-ring (bicyclic) bond motifs is 1. The molecule has 1 aromatic carbocycles. The monoisotopic (exact) mass is 467 g/mol. The van der Waals surface area contributed by atoms with Crippen LogP contribution in [0.25, 0.3) is 21.7 Å². The first-order valence-electron chi connectivity index (χ1n) is 9.90. The molecule has 164 valence electrons. The first-order valence-corrected chi connectivity index (χ1v) is 11.8. The molecule has 8 nitrogen and oxygen atoms in total. The third-order valence-electron chi connectivity index (χ3n) is 4.93. The molecule has 10 heteroatoms. The number of carbonyl (C=O) groups excluding carboxylic acids is 1. The Morgan fingerprint density at radius 1 is 1.06 bits per heavy atom. The zero-order chi connectivity index (χ0) is 22.7. The van der Waals surface area contributed by atoms with Gasteiger partial charge in [0.1, 0.15) is 10.4 Å². The minimum absolute atomic E-state index is 0.0940. The van der Waals surface area contributed by atoms with E-state index in [0.29, 0.717) is 17.4 Å². The maximum absolute atomic E-state index is 12.9. The molecule has 0 saturated heterocycles. The molecule has 0 radical (unpaired) electrons. The minimum Gasteiger partial charge on any atom is -0.355 e. The molecule has 4 rings (SSSR count). The highest BCUT2D eigenvalue weighted by Gasteiger charge is 2.19. The van der Waals surface area contributed by atoms with E-state index in [1.54, 1.807) is 7.05 Å². The standard InChI is InChI=1S/C22H21N5O3S2/c1-26-19-17(21(29)27(2)22(26)30)20(25-18(24-19)15-9-6-12-31-15)32-13-16(28)23-11-10-14-7-4-3-5-8-14/h3-9,12H,10-11,13H2,1-2H3,(H,23,28). The second-order valence-corrected chi connectivity index (χ2v) is 9.02. The van der Waals surface area contributed by atoms with Crippen molar-refractivity contribution in [1.29, 1.82) is 0 Å². The molecule has 0 aliphatic carbocycles. The van der Waals surface area contributed by atoms with Crippen molar-refractivity contribution >= 4 is 40.0 Å². The largest absolute Gasteiger partial charge is 0.355 e. The summed E-state index contributed by atoms with van der Waals surface area (Å²) in [7, 11) is 2.99. The predicted octanol–water partition coefficient (Wildman–Crippen LogP) is 2.21. The van der Waals surface area contributed by atoms with Crippen LogP contribution in [0.4, 0.5) is 0 Å². The normalized spacial score (nSPS) is 11.1. The highest BCUT2D eigenvalue weighted by molar-refractivity contribution is 8.00. The van der Waals surface area contributed by atoms with Gasteiger partial charge in [0, 0.05) is 20.6 Å². The number of hydrogen-bond acceptors (Lipinski definition) is 7. The average molecular weight is 468 g/mol. The Hall–Kier alpha value is -3.24. The van der Waals surface area contributed by atoms with Crippen molar-refractivity contribution in [1.82, 2.24) is 24.4 Å². The van der Waals surface area contributed by atoms with Crippen LogP contribution in [0, 0.1) is 0 Å². The number of carbonyl (C=O) groups is 1. The lowest BCUT2D eigenvalue weighted by atomic mass is 10.1. The molecule has 0 spiro atoms. The van der Waals surface area contributed by atoms with Crippen molar-refractivity contribution in [2.75, 3.05) is 12.3 Å². The summed E-state index contributed by atoms with van der Waals surface area (Å²) in [6.45, 7) is 0.518. The maximum atomic E-state index is 12.9. The molecule has 4 aromatic rings. The number of benzene rings is 1. The Balaban J connectivity index is 1.60. The molecule has 3 heterocycles. The van der Waals surface area contributed by atoms with Crippen LogP contribution in [0.3, 0.4) is 0 Å². The van der Waals surface area contributed by atoms with Crippen molar-refractivity contribution in [3.63, 3.8) is 0 Å². The molecule has 1 amide bonds. The molecule has 0 fully saturated rings. The van der Waals surface area contributed by atoms with Gasteiger partial charge in [-0.05, 0) is 23.4 Å². The smallest absolute Gasteiger partial charge is 0.332 e. The highest BCUT2D eigenvalue weighted by Crippen LogP contribution is 2.28. The molecule has 3 aromatic heterocycles. The summed E-state index contributed by atoms with van der Waals surface area (Å²) in [6.07, 6.45) is 0.735. The van der Waals surface area contributed by atoms with E-state index in [4.69, 9.17) is 0 Å². The molecule has 0 atom stereocenters. The Kier molecular flexibility index (Phi) is 6.52. The Bertz CT molecular complexity index is 1380. The van der Waals surface area contributed by atoms with Crippen molar-refractivity contribution < 1.29 is 4.79 Å². The lowest BCUT2D eigenvalue weighted by molar-refractivity contribution is -0.118. The van der Waals surface area contributed by atoms with Crippen LogP contribution < -0.4 is 16.6 Å². The first-order chi connectivity index (χ1) is 15.5. The Morgan fingerprint density at radius 3 is 2.56 bits per heavy atom. The molecule has 32 heavy (non-hydrogen) atoms. The SMILES string of the molecule is Cn1c(=O)c2c(SCC(=O)NCCc3ccccc3)nc(-c3cccs3)nc2n(C)c1=O. The Labute approximate surface area is 192 Å². The average Bonchev–Trinajstić information content (AvgIpc) is 3.35. The van der Waals surface area contributed by atoms with E-state index in [-0.39, 0.29) is 22.7 Å². The van der Waals surface area contributed by atoms with E-state index in [2.05, 4.69) is 15.3 Å². The third kappa shape index (κ3) is 4.51. The van der Waals surface area contributed by atoms with Crippen LogP contribution in [0.5, 0.6) is 0 Å². The van der Waals surface area contributed by atoms with Crippen LogP contribution >= 0.6 is 23.1 Å². The molecule has 1 N–H and O–H groups in total. The molecule has 0 unspecified atom stereocenters. The summed E-state index contributed by atoms with van der Waals surface area (Å²) in [5.74, 6) is 0.358. The van der Waals surface area contributed by atoms with E-state index in [9.17, 15) is 14.4 Å². The fourth-order valence-corrected chi connectivity index (χ4v) is 4.73. The van der Waals surface area contributed by atoms with E-state index in [1.807, 2.05) is 47.8 Å². The fraction of sp³-hybridized carbons (Fsp3) is 0.227. The van der Waals surface area contributed by atoms with Gasteiger partial charge in [-0.2, -0.15) is 0 Å². The van der Waals surface area contributed by atoms with Crippen molar-refractivity contribution in [3.8, 4) is 10.7 Å². The summed E-state index contributed by atoms with van der Waals surface area (Å²) in [5, 5.41) is 5.42. The van der Waals surface area contributed by atoms with Gasteiger partial charge in [0.2, 0.25) is 5.91 Å². The summed E-state index contributed by atoms with van der Waals surface area (Å²) in [4.78, 5) is 47.5. The number of amides is 1. The van der Waals surface area contributed by atoms with Gasteiger partial charge in [-0.15, -0.1) is 11.3 Å². The van der Waals surface area contributed by atoms with Gasteiger partial charge in [0.15, 0.2) is 11.5 Å². The number of hydrogen-bond donors (Lipinski definition) is 1. The van der Waals surface area contributed by atoms with Crippen LogP contribution in [0.2, 0.25) is 0 Å². The van der Waals surface area contributed by atoms with Gasteiger partial charge in [-0.3, -0.25) is 18.7 Å². The van der Waals surface area contributed by atoms with E-state index in [0.717, 1.165) is 21.4 Å². The minimum atomic E-state index is -0.479. The second-order valence-electron chi connectivity index (χ2n) is 7.11. The van der Waals surface area contributed by atoms with E-state index in [1.165, 1.54) is 34.7 Å². The number of rotatable bonds is 7. The number of nitrogens with zero attached hydrogens (tertiary/aromatic N) is 4. The van der Waals surface area contributed by atoms with Crippen LogP contribution in [-0.4, -0.2) is 37.3 Å². The van der Waals surface area contributed by atoms with Crippen LogP contribution in [-0.2, 0) is 25.3 Å². The van der Waals surface area contributed by atoms with Crippen LogP contribution in [0.1, 0.15) is 5.56 Å². The summed E-state index contributed by atoms with van der Waals surface area (Å²) in [6, 6.07) is 13.7. The molecular formula is C22H21N5O3S2. The Morgan fingerprint density at radius 2 is 1.84 bits per heavy atom. The van der Waals surface area contributed by atoms with Gasteiger partial charge in [-0.25, -0.2) is 14.8 Å². The zero-order valence-electron chi connectivity index (χ0n) is 17.6. The quantitative estimate of drug-likeness (QED) is 0.331. The maximum Gasteiger partial charge on any atom is 0.332 e. The molecular weight excluding hydrogens is 446 g/mol. The summed E-state index contributed by atoms with van der Waals surface area (Å²) in [5.41, 5.74) is 0.455. The second kappa shape index (κ2) is 9.49.